The van der Waals surface area contributed by atoms with Crippen LogP contribution in [0.5, 0.6) is 0 Å². The first-order chi connectivity index (χ1) is 16.9. The molecule has 2 atom stereocenters. The maximum absolute atomic E-state index is 13.3. The summed E-state index contributed by atoms with van der Waals surface area (Å²) in [6.45, 7) is 5.97. The number of oxazole rings is 1. The average molecular weight is 473 g/mol. The van der Waals surface area contributed by atoms with Crippen molar-refractivity contribution >= 4 is 40.6 Å². The number of aromatic nitrogens is 1. The molecule has 0 bridgehead atoms. The van der Waals surface area contributed by atoms with Crippen molar-refractivity contribution in [1.82, 2.24) is 10.3 Å². The third-order valence-corrected chi connectivity index (χ3v) is 5.52. The minimum Gasteiger partial charge on any atom is -0.412 e. The number of anilines is 2. The monoisotopic (exact) mass is 473 g/mol. The second kappa shape index (κ2) is 8.78. The van der Waals surface area contributed by atoms with Crippen LogP contribution in [0.2, 0.25) is 0 Å². The number of rotatable bonds is 5. The molecule has 0 saturated heterocycles. The molecule has 2 aromatic carbocycles. The number of nitrogens with one attached hydrogen (secondary N) is 4. The highest BCUT2D eigenvalue weighted by Gasteiger charge is 2.42. The van der Waals surface area contributed by atoms with Crippen molar-refractivity contribution in [3.8, 4) is 0 Å². The maximum atomic E-state index is 13.3. The lowest BCUT2D eigenvalue weighted by atomic mass is 9.92. The number of fused-ring (bicyclic) bond motifs is 1. The minimum atomic E-state index is -0.865. The quantitative estimate of drug-likeness (QED) is 0.255. The first-order valence-electron chi connectivity index (χ1n) is 10.7. The van der Waals surface area contributed by atoms with E-state index < -0.39 is 22.8 Å². The molecule has 176 valence electrons. The van der Waals surface area contributed by atoms with Crippen molar-refractivity contribution in [3.63, 3.8) is 0 Å². The van der Waals surface area contributed by atoms with Crippen molar-refractivity contribution in [2.75, 3.05) is 10.6 Å². The first kappa shape index (κ1) is 21.9. The molecule has 0 unspecified atom stereocenters. The Labute approximate surface area is 198 Å². The second-order valence-corrected chi connectivity index (χ2v) is 8.03. The van der Waals surface area contributed by atoms with Gasteiger partial charge in [0.2, 0.25) is 5.91 Å². The van der Waals surface area contributed by atoms with Gasteiger partial charge < -0.3 is 14.2 Å². The zero-order valence-electron chi connectivity index (χ0n) is 18.6. The molecule has 0 spiro atoms. The smallest absolute Gasteiger partial charge is 0.412 e. The van der Waals surface area contributed by atoms with Crippen LogP contribution in [-0.2, 0) is 4.79 Å². The molecule has 2 aromatic heterocycles. The van der Waals surface area contributed by atoms with Crippen LogP contribution in [0.3, 0.4) is 0 Å². The molecule has 5 rings (SSSR count). The molecule has 3 heterocycles. The van der Waals surface area contributed by atoms with Crippen LogP contribution in [0.25, 0.3) is 11.1 Å². The summed E-state index contributed by atoms with van der Waals surface area (Å²) < 4.78 is 11.1. The first-order valence-corrected chi connectivity index (χ1v) is 10.7. The summed E-state index contributed by atoms with van der Waals surface area (Å²) >= 11 is 0. The van der Waals surface area contributed by atoms with Crippen LogP contribution < -0.4 is 20.9 Å². The Hall–Kier alpha value is -4.93. The van der Waals surface area contributed by atoms with E-state index in [1.54, 1.807) is 18.2 Å². The van der Waals surface area contributed by atoms with E-state index in [1.807, 2.05) is 37.3 Å². The van der Waals surface area contributed by atoms with Gasteiger partial charge in [0.1, 0.15) is 22.1 Å². The van der Waals surface area contributed by atoms with Crippen molar-refractivity contribution in [3.05, 3.63) is 94.4 Å². The third-order valence-electron chi connectivity index (χ3n) is 5.52. The highest BCUT2D eigenvalue weighted by atomic mass is 16.6. The van der Waals surface area contributed by atoms with Gasteiger partial charge in [-0.3, -0.25) is 19.9 Å². The van der Waals surface area contributed by atoms with Crippen LogP contribution in [0.4, 0.5) is 17.6 Å². The molecule has 1 amide bonds. The number of amides is 1. The summed E-state index contributed by atoms with van der Waals surface area (Å²) in [5.74, 6) is -1.15. The van der Waals surface area contributed by atoms with Crippen LogP contribution in [0.15, 0.2) is 81.8 Å². The van der Waals surface area contributed by atoms with Crippen molar-refractivity contribution < 1.29 is 23.5 Å². The number of carbonyl (C=O) groups excluding carboxylic acids is 1. The number of furan rings is 1. The number of aryl methyl sites for hydroxylation is 1. The Balaban J connectivity index is 1.47. The highest BCUT2D eigenvalue weighted by molar-refractivity contribution is 5.97. The zero-order valence-corrected chi connectivity index (χ0v) is 18.6. The number of benzene rings is 2. The Morgan fingerprint density at radius 2 is 1.91 bits per heavy atom. The van der Waals surface area contributed by atoms with Gasteiger partial charge in [-0.15, -0.1) is 0 Å². The van der Waals surface area contributed by atoms with Crippen LogP contribution in [0, 0.1) is 23.0 Å². The lowest BCUT2D eigenvalue weighted by molar-refractivity contribution is -0.525. The van der Waals surface area contributed by atoms with E-state index >= 15 is 0 Å². The molecular weight excluding hydrogens is 452 g/mol. The third kappa shape index (κ3) is 4.47. The van der Waals surface area contributed by atoms with Gasteiger partial charge in [0.25, 0.3) is 0 Å². The van der Waals surface area contributed by atoms with E-state index in [2.05, 4.69) is 32.5 Å². The lowest BCUT2D eigenvalue weighted by Crippen LogP contribution is -2.84. The summed E-state index contributed by atoms with van der Waals surface area (Å²) in [7, 11) is 0. The molecule has 0 fully saturated rings. The molecule has 0 saturated carbocycles. The number of guanidine groups is 1. The summed E-state index contributed by atoms with van der Waals surface area (Å²) in [6, 6.07) is 16.7. The summed E-state index contributed by atoms with van der Waals surface area (Å²) in [4.78, 5) is 31.3. The molecule has 0 radical (unpaired) electrons. The van der Waals surface area contributed by atoms with E-state index in [9.17, 15) is 14.9 Å². The average Bonchev–Trinajstić information content (AvgIpc) is 3.47. The van der Waals surface area contributed by atoms with E-state index in [-0.39, 0.29) is 17.7 Å². The molecule has 11 nitrogen and oxygen atoms in total. The Morgan fingerprint density at radius 3 is 2.63 bits per heavy atom. The molecule has 35 heavy (non-hydrogen) atoms. The summed E-state index contributed by atoms with van der Waals surface area (Å²) in [6.07, 6.45) is 0. The van der Waals surface area contributed by atoms with Gasteiger partial charge in [0.15, 0.2) is 11.6 Å². The lowest BCUT2D eigenvalue weighted by Gasteiger charge is -2.26. The van der Waals surface area contributed by atoms with Gasteiger partial charge in [-0.1, -0.05) is 36.4 Å². The summed E-state index contributed by atoms with van der Waals surface area (Å²) in [5, 5.41) is 20.1. The van der Waals surface area contributed by atoms with E-state index in [4.69, 9.17) is 8.83 Å². The molecule has 4 N–H and O–H groups in total. The van der Waals surface area contributed by atoms with Crippen molar-refractivity contribution in [2.45, 2.75) is 13.0 Å². The van der Waals surface area contributed by atoms with Crippen LogP contribution in [0.1, 0.15) is 17.4 Å². The van der Waals surface area contributed by atoms with Gasteiger partial charge in [-0.2, -0.15) is 10.3 Å². The fraction of sp³-hybridized carbons (Fsp3) is 0.125. The zero-order chi connectivity index (χ0) is 24.5. The molecule has 11 heteroatoms. The Kier molecular flexibility index (Phi) is 5.49. The predicted molar refractivity (Wildman–Crippen MR) is 127 cm³/mol. The number of nitrogens with zero attached hydrogens (tertiary/aromatic N) is 2. The maximum Gasteiger partial charge on any atom is 0.433 e. The largest absolute Gasteiger partial charge is 0.433 e. The fourth-order valence-electron chi connectivity index (χ4n) is 3.82. The normalized spacial score (nSPS) is 17.5. The molecule has 1 aliphatic rings. The van der Waals surface area contributed by atoms with Gasteiger partial charge >= 0.3 is 17.9 Å². The van der Waals surface area contributed by atoms with E-state index in [0.29, 0.717) is 28.4 Å². The molecular formula is C24H21N6O5+. The number of nitro groups is 1. The van der Waals surface area contributed by atoms with Gasteiger partial charge in [0.05, 0.1) is 11.8 Å². The Bertz CT molecular complexity index is 1440. The molecule has 4 aromatic rings. The second-order valence-electron chi connectivity index (χ2n) is 8.03. The van der Waals surface area contributed by atoms with Gasteiger partial charge in [-0.05, 0) is 37.3 Å². The number of para-hydroxylation sites is 2. The number of hydrogen-bond donors (Lipinski definition) is 4. The van der Waals surface area contributed by atoms with Crippen LogP contribution >= 0.6 is 0 Å². The van der Waals surface area contributed by atoms with Gasteiger partial charge in [0, 0.05) is 5.69 Å². The van der Waals surface area contributed by atoms with E-state index in [1.165, 1.54) is 12.1 Å². The van der Waals surface area contributed by atoms with Crippen LogP contribution in [-0.4, -0.2) is 21.8 Å². The van der Waals surface area contributed by atoms with Crippen molar-refractivity contribution in [2.24, 2.45) is 5.92 Å². The van der Waals surface area contributed by atoms with Crippen molar-refractivity contribution in [1.29, 1.82) is 0 Å². The molecule has 1 aliphatic heterocycles. The topological polar surface area (TPSA) is 149 Å². The van der Waals surface area contributed by atoms with Gasteiger partial charge in [-0.25, -0.2) is 5.32 Å². The number of hydrogen-bond acceptors (Lipinski definition) is 8. The SMILES string of the molecule is C=C1NC(Nc2nc3ccccc3o2)=[NH+][C@@H](c2ccc([N+](=O)[O-])o2)[C@H]1C(=O)Nc1ccc(C)cc1. The molecule has 0 aliphatic carbocycles. The number of carbonyl (C=O) groups is 1. The fourth-order valence-corrected chi connectivity index (χ4v) is 3.82. The Morgan fingerprint density at radius 1 is 1.14 bits per heavy atom. The summed E-state index contributed by atoms with van der Waals surface area (Å²) in [5.41, 5.74) is 3.27. The predicted octanol–water partition coefficient (Wildman–Crippen LogP) is 2.60. The minimum absolute atomic E-state index is 0.195. The standard InChI is InChI=1S/C24H20N6O5/c1-13-7-9-15(10-8-13)26-22(31)20-14(2)25-23(28-21(20)18-11-12-19(34-18)30(32)33)29-24-27-16-5-3-4-6-17(16)35-24/h3-12,20-21H,2H2,1H3,(H,26,31)(H2,25,27,28,29)/p+1/t20-,21-/m0/s1. The van der Waals surface area contributed by atoms with E-state index in [0.717, 1.165) is 5.56 Å². The highest BCUT2D eigenvalue weighted by Crippen LogP contribution is 2.29.